The molecule has 0 unspecified atom stereocenters. The minimum absolute atomic E-state index is 0.536. The van der Waals surface area contributed by atoms with Crippen molar-refractivity contribution in [3.05, 3.63) is 40.8 Å². The normalized spacial score (nSPS) is 10.7. The topological polar surface area (TPSA) is 73.9 Å². The minimum atomic E-state index is 0.536. The predicted molar refractivity (Wildman–Crippen MR) is 73.6 cm³/mol. The van der Waals surface area contributed by atoms with Crippen LogP contribution in [0.15, 0.2) is 33.7 Å². The molecule has 3 aromatic rings. The molecule has 3 heterocycles. The van der Waals surface area contributed by atoms with E-state index in [0.29, 0.717) is 24.0 Å². The number of pyridine rings is 1. The van der Waals surface area contributed by atoms with Gasteiger partial charge in [0.15, 0.2) is 0 Å². The first-order valence-corrected chi connectivity index (χ1v) is 6.99. The van der Waals surface area contributed by atoms with E-state index >= 15 is 0 Å². The highest BCUT2D eigenvalue weighted by Gasteiger charge is 2.09. The quantitative estimate of drug-likeness (QED) is 0.717. The first-order valence-electron chi connectivity index (χ1n) is 6.05. The fraction of sp³-hybridized carbons (Fsp3) is 0.231. The molecular formula is C13H12N4O2S. The summed E-state index contributed by atoms with van der Waals surface area (Å²) in [6.07, 6.45) is 3.14. The van der Waals surface area contributed by atoms with E-state index in [1.165, 1.54) is 0 Å². The second kappa shape index (κ2) is 5.79. The van der Waals surface area contributed by atoms with Crippen molar-refractivity contribution in [2.45, 2.75) is 12.8 Å². The Morgan fingerprint density at radius 1 is 1.25 bits per heavy atom. The number of aryl methyl sites for hydroxylation is 2. The molecule has 0 atom stereocenters. The summed E-state index contributed by atoms with van der Waals surface area (Å²) in [7, 11) is 1.58. The molecule has 0 bridgehead atoms. The van der Waals surface area contributed by atoms with E-state index in [4.69, 9.17) is 9.26 Å². The lowest BCUT2D eigenvalue weighted by atomic mass is 10.2. The summed E-state index contributed by atoms with van der Waals surface area (Å²) in [5.74, 6) is 1.69. The molecule has 20 heavy (non-hydrogen) atoms. The lowest BCUT2D eigenvalue weighted by Gasteiger charge is -1.97. The van der Waals surface area contributed by atoms with Crippen molar-refractivity contribution in [1.29, 1.82) is 0 Å². The third-order valence-electron chi connectivity index (χ3n) is 2.75. The summed E-state index contributed by atoms with van der Waals surface area (Å²) in [6.45, 7) is 0. The van der Waals surface area contributed by atoms with E-state index in [-0.39, 0.29) is 0 Å². The van der Waals surface area contributed by atoms with Gasteiger partial charge in [-0.2, -0.15) is 4.98 Å². The molecule has 0 amide bonds. The van der Waals surface area contributed by atoms with Crippen LogP contribution in [0.4, 0.5) is 0 Å². The molecular weight excluding hydrogens is 276 g/mol. The molecule has 3 rings (SSSR count). The zero-order valence-corrected chi connectivity index (χ0v) is 11.6. The van der Waals surface area contributed by atoms with Gasteiger partial charge in [0, 0.05) is 29.6 Å². The Hall–Kier alpha value is -2.28. The van der Waals surface area contributed by atoms with Crippen LogP contribution in [0.1, 0.15) is 11.6 Å². The summed E-state index contributed by atoms with van der Waals surface area (Å²) in [6, 6.07) is 3.61. The van der Waals surface area contributed by atoms with Crippen molar-refractivity contribution in [3.63, 3.8) is 0 Å². The Morgan fingerprint density at radius 2 is 2.20 bits per heavy atom. The number of hydrogen-bond acceptors (Lipinski definition) is 7. The van der Waals surface area contributed by atoms with E-state index in [0.717, 1.165) is 17.7 Å². The van der Waals surface area contributed by atoms with E-state index in [2.05, 4.69) is 20.1 Å². The smallest absolute Gasteiger partial charge is 0.227 e. The van der Waals surface area contributed by atoms with Gasteiger partial charge in [-0.15, -0.1) is 11.3 Å². The SMILES string of the molecule is COc1ccc(-c2noc(CCc3cscn3)n2)cn1. The zero-order valence-electron chi connectivity index (χ0n) is 10.8. The van der Waals surface area contributed by atoms with Crippen LogP contribution in [0.5, 0.6) is 5.88 Å². The number of aromatic nitrogens is 4. The molecule has 0 N–H and O–H groups in total. The van der Waals surface area contributed by atoms with Gasteiger partial charge in [-0.1, -0.05) is 5.16 Å². The number of methoxy groups -OCH3 is 1. The second-order valence-corrected chi connectivity index (χ2v) is 4.80. The van der Waals surface area contributed by atoms with Crippen LogP contribution < -0.4 is 4.74 Å². The number of thiazole rings is 1. The first-order chi connectivity index (χ1) is 9.85. The van der Waals surface area contributed by atoms with E-state index < -0.39 is 0 Å². The van der Waals surface area contributed by atoms with Crippen LogP contribution in [0.25, 0.3) is 11.4 Å². The highest BCUT2D eigenvalue weighted by Crippen LogP contribution is 2.17. The Balaban J connectivity index is 1.69. The average Bonchev–Trinajstić information content (AvgIpc) is 3.17. The van der Waals surface area contributed by atoms with Gasteiger partial charge in [0.05, 0.1) is 18.3 Å². The minimum Gasteiger partial charge on any atom is -0.481 e. The molecule has 7 heteroatoms. The molecule has 0 fully saturated rings. The van der Waals surface area contributed by atoms with Crippen LogP contribution >= 0.6 is 11.3 Å². The molecule has 0 saturated carbocycles. The lowest BCUT2D eigenvalue weighted by molar-refractivity contribution is 0.378. The van der Waals surface area contributed by atoms with Gasteiger partial charge in [-0.05, 0) is 12.5 Å². The highest BCUT2D eigenvalue weighted by atomic mass is 32.1. The van der Waals surface area contributed by atoms with Crippen LogP contribution in [0.2, 0.25) is 0 Å². The summed E-state index contributed by atoms with van der Waals surface area (Å²) < 4.78 is 10.2. The van der Waals surface area contributed by atoms with Crippen molar-refractivity contribution < 1.29 is 9.26 Å². The van der Waals surface area contributed by atoms with Crippen LogP contribution in [0, 0.1) is 0 Å². The van der Waals surface area contributed by atoms with Gasteiger partial charge in [-0.25, -0.2) is 9.97 Å². The summed E-state index contributed by atoms with van der Waals surface area (Å²) in [4.78, 5) is 12.7. The molecule has 0 aliphatic carbocycles. The van der Waals surface area contributed by atoms with Crippen LogP contribution in [-0.2, 0) is 12.8 Å². The first kappa shape index (κ1) is 12.7. The number of nitrogens with zero attached hydrogens (tertiary/aromatic N) is 4. The van der Waals surface area contributed by atoms with Gasteiger partial charge in [0.25, 0.3) is 0 Å². The molecule has 0 radical (unpaired) electrons. The maximum atomic E-state index is 5.23. The summed E-state index contributed by atoms with van der Waals surface area (Å²) in [5.41, 5.74) is 3.66. The van der Waals surface area contributed by atoms with Crippen molar-refractivity contribution in [3.8, 4) is 17.3 Å². The third kappa shape index (κ3) is 2.83. The molecule has 0 aliphatic heterocycles. The van der Waals surface area contributed by atoms with Gasteiger partial charge < -0.3 is 9.26 Å². The molecule has 0 aromatic carbocycles. The summed E-state index contributed by atoms with van der Waals surface area (Å²) >= 11 is 1.58. The van der Waals surface area contributed by atoms with E-state index in [1.807, 2.05) is 17.0 Å². The average molecular weight is 288 g/mol. The maximum Gasteiger partial charge on any atom is 0.227 e. The van der Waals surface area contributed by atoms with Gasteiger partial charge >= 0.3 is 0 Å². The molecule has 0 spiro atoms. The molecule has 102 valence electrons. The second-order valence-electron chi connectivity index (χ2n) is 4.08. The van der Waals surface area contributed by atoms with Gasteiger partial charge in [0.1, 0.15) is 0 Å². The third-order valence-corrected chi connectivity index (χ3v) is 3.39. The fourth-order valence-corrected chi connectivity index (χ4v) is 2.30. The van der Waals surface area contributed by atoms with E-state index in [9.17, 15) is 0 Å². The molecule has 0 saturated heterocycles. The van der Waals surface area contributed by atoms with Crippen molar-refractivity contribution in [1.82, 2.24) is 20.1 Å². The standard InChI is InChI=1S/C13H12N4O2S/c1-18-11-4-2-9(6-14-11)13-16-12(19-17-13)5-3-10-7-20-8-15-10/h2,4,6-8H,3,5H2,1H3. The molecule has 6 nitrogen and oxygen atoms in total. The zero-order chi connectivity index (χ0) is 13.8. The van der Waals surface area contributed by atoms with Gasteiger partial charge in [-0.3, -0.25) is 0 Å². The Morgan fingerprint density at radius 3 is 2.90 bits per heavy atom. The van der Waals surface area contributed by atoms with Gasteiger partial charge in [0.2, 0.25) is 17.6 Å². The van der Waals surface area contributed by atoms with E-state index in [1.54, 1.807) is 30.7 Å². The van der Waals surface area contributed by atoms with Crippen LogP contribution in [-0.4, -0.2) is 27.2 Å². The lowest BCUT2D eigenvalue weighted by Crippen LogP contribution is -1.92. The molecule has 3 aromatic heterocycles. The van der Waals surface area contributed by atoms with Crippen LogP contribution in [0.3, 0.4) is 0 Å². The highest BCUT2D eigenvalue weighted by molar-refractivity contribution is 7.07. The number of hydrogen-bond donors (Lipinski definition) is 0. The maximum absolute atomic E-state index is 5.23. The van der Waals surface area contributed by atoms with Crippen molar-refractivity contribution in [2.24, 2.45) is 0 Å². The largest absolute Gasteiger partial charge is 0.481 e. The number of rotatable bonds is 5. The Bertz CT molecular complexity index is 664. The Kier molecular flexibility index (Phi) is 3.69. The van der Waals surface area contributed by atoms with Crippen molar-refractivity contribution in [2.75, 3.05) is 7.11 Å². The molecule has 0 aliphatic rings. The predicted octanol–water partition coefficient (Wildman–Crippen LogP) is 2.38. The fourth-order valence-electron chi connectivity index (χ4n) is 1.70. The van der Waals surface area contributed by atoms with Crippen molar-refractivity contribution >= 4 is 11.3 Å². The summed E-state index contributed by atoms with van der Waals surface area (Å²) in [5, 5.41) is 5.98. The number of ether oxygens (including phenoxy) is 1. The monoisotopic (exact) mass is 288 g/mol. The Labute approximate surface area is 119 Å².